The molecule has 1 unspecified atom stereocenters. The van der Waals surface area contributed by atoms with Gasteiger partial charge in [-0.05, 0) is 73.1 Å². The summed E-state index contributed by atoms with van der Waals surface area (Å²) >= 11 is 0. The zero-order valence-corrected chi connectivity index (χ0v) is 27.8. The Morgan fingerprint density at radius 1 is 1.09 bits per heavy atom. The summed E-state index contributed by atoms with van der Waals surface area (Å²) in [5, 5.41) is 10.7. The Morgan fingerprint density at radius 2 is 1.80 bits per heavy atom. The molecule has 2 amide bonds. The van der Waals surface area contributed by atoms with E-state index in [-0.39, 0.29) is 42.4 Å². The van der Waals surface area contributed by atoms with Crippen LogP contribution in [0.4, 0.5) is 10.1 Å². The maximum absolute atomic E-state index is 14.4. The van der Waals surface area contributed by atoms with Crippen LogP contribution < -0.4 is 14.4 Å². The van der Waals surface area contributed by atoms with Gasteiger partial charge in [-0.3, -0.25) is 19.3 Å². The summed E-state index contributed by atoms with van der Waals surface area (Å²) in [6.45, 7) is 11.5. The van der Waals surface area contributed by atoms with Gasteiger partial charge in [-0.25, -0.2) is 4.39 Å². The molecule has 0 radical (unpaired) electrons. The number of hydrogen-bond donors (Lipinski definition) is 1. The van der Waals surface area contributed by atoms with E-state index in [1.165, 1.54) is 6.07 Å². The number of carbonyl (C=O) groups excluding carboxylic acids is 2. The minimum atomic E-state index is -0.934. The third-order valence-corrected chi connectivity index (χ3v) is 9.79. The van der Waals surface area contributed by atoms with E-state index in [0.717, 1.165) is 31.2 Å². The topological polar surface area (TPSA) is 99.6 Å². The Hall–Kier alpha value is -3.66. The number of carboxylic acids is 1. The lowest BCUT2D eigenvalue weighted by Crippen LogP contribution is -2.48. The number of halogens is 1. The lowest BCUT2D eigenvalue weighted by atomic mass is 9.84. The van der Waals surface area contributed by atoms with Gasteiger partial charge in [0, 0.05) is 49.7 Å². The molecule has 5 rings (SSSR count). The number of amides is 2. The van der Waals surface area contributed by atoms with Crippen LogP contribution in [0.25, 0.3) is 0 Å². The van der Waals surface area contributed by atoms with Crippen molar-refractivity contribution in [2.75, 3.05) is 37.9 Å². The smallest absolute Gasteiger partial charge is 0.308 e. The first kappa shape index (κ1) is 33.7. The van der Waals surface area contributed by atoms with Gasteiger partial charge in [-0.2, -0.15) is 0 Å². The maximum atomic E-state index is 14.4. The highest BCUT2D eigenvalue weighted by Crippen LogP contribution is 2.43. The van der Waals surface area contributed by atoms with Gasteiger partial charge in [-0.1, -0.05) is 46.6 Å². The second kappa shape index (κ2) is 14.0. The van der Waals surface area contributed by atoms with Crippen LogP contribution in [-0.4, -0.2) is 77.7 Å². The summed E-state index contributed by atoms with van der Waals surface area (Å²) in [4.78, 5) is 46.0. The number of carbonyl (C=O) groups is 3. The molecule has 0 bridgehead atoms. The Morgan fingerprint density at radius 3 is 2.43 bits per heavy atom. The highest BCUT2D eigenvalue weighted by molar-refractivity contribution is 5.95. The monoisotopic (exact) mass is 637 g/mol. The highest BCUT2D eigenvalue weighted by Gasteiger charge is 2.48. The van der Waals surface area contributed by atoms with Crippen molar-refractivity contribution in [2.45, 2.75) is 91.1 Å². The SMILES string of the molecule is CCCC(CCC)N(C(=O)CN1CC(c2ccc3c(c2)OCO3)[C@H](C(=O)O)[C@H]1CCN1CC(C)(C)CC1=O)c1ccc(F)c(C)c1. The number of carboxylic acid groups (broad SMARTS) is 1. The van der Waals surface area contributed by atoms with E-state index in [4.69, 9.17) is 9.47 Å². The van der Waals surface area contributed by atoms with Crippen molar-refractivity contribution in [1.29, 1.82) is 0 Å². The first-order valence-corrected chi connectivity index (χ1v) is 16.6. The van der Waals surface area contributed by atoms with Gasteiger partial charge in [-0.15, -0.1) is 0 Å². The Labute approximate surface area is 271 Å². The zero-order valence-electron chi connectivity index (χ0n) is 27.8. The molecule has 9 nitrogen and oxygen atoms in total. The molecule has 3 aliphatic rings. The third-order valence-electron chi connectivity index (χ3n) is 9.79. The summed E-state index contributed by atoms with van der Waals surface area (Å²) < 4.78 is 25.4. The number of fused-ring (bicyclic) bond motifs is 1. The fourth-order valence-corrected chi connectivity index (χ4v) is 7.66. The van der Waals surface area contributed by atoms with E-state index < -0.39 is 23.8 Å². The molecule has 1 N–H and O–H groups in total. The first-order chi connectivity index (χ1) is 21.9. The number of anilines is 1. The average Bonchev–Trinajstić information content (AvgIpc) is 3.68. The van der Waals surface area contributed by atoms with Crippen LogP contribution in [-0.2, 0) is 14.4 Å². The molecule has 10 heteroatoms. The number of hydrogen-bond acceptors (Lipinski definition) is 6. The lowest BCUT2D eigenvalue weighted by molar-refractivity contribution is -0.143. The fraction of sp³-hybridized carbons (Fsp3) is 0.583. The van der Waals surface area contributed by atoms with Gasteiger partial charge in [0.05, 0.1) is 12.5 Å². The highest BCUT2D eigenvalue weighted by atomic mass is 19.1. The molecule has 0 aromatic heterocycles. The fourth-order valence-electron chi connectivity index (χ4n) is 7.66. The van der Waals surface area contributed by atoms with E-state index in [0.29, 0.717) is 55.2 Å². The standard InChI is InChI=1S/C36H48FN3O6/c1-6-8-25(9-7-2)40(26-11-12-28(37)23(3)16-26)33(42)20-39-19-27(24-10-13-30-31(17-24)46-22-45-30)34(35(43)44)29(39)14-15-38-21-36(4,5)18-32(38)41/h10-13,16-17,25,27,29,34H,6-9,14-15,18-22H2,1-5H3,(H,43,44)/t27?,29-,34+/m1/s1. The number of rotatable bonds is 13. The zero-order chi connectivity index (χ0) is 33.2. The molecule has 2 saturated heterocycles. The molecule has 46 heavy (non-hydrogen) atoms. The molecule has 3 heterocycles. The van der Waals surface area contributed by atoms with Crippen molar-refractivity contribution >= 4 is 23.5 Å². The van der Waals surface area contributed by atoms with Crippen LogP contribution in [0.2, 0.25) is 0 Å². The van der Waals surface area contributed by atoms with Crippen molar-refractivity contribution in [3.05, 3.63) is 53.3 Å². The molecule has 2 fully saturated rings. The van der Waals surface area contributed by atoms with Crippen molar-refractivity contribution in [1.82, 2.24) is 9.80 Å². The minimum absolute atomic E-state index is 0.00922. The van der Waals surface area contributed by atoms with Gasteiger partial charge in [0.1, 0.15) is 5.82 Å². The molecule has 250 valence electrons. The second-order valence-electron chi connectivity index (χ2n) is 14.0. The number of aryl methyl sites for hydroxylation is 1. The predicted molar refractivity (Wildman–Crippen MR) is 174 cm³/mol. The molecular formula is C36H48FN3O6. The summed E-state index contributed by atoms with van der Waals surface area (Å²) in [6, 6.07) is 9.78. The molecule has 2 aromatic rings. The van der Waals surface area contributed by atoms with Gasteiger partial charge in [0.25, 0.3) is 0 Å². The molecule has 3 aliphatic heterocycles. The van der Waals surface area contributed by atoms with E-state index in [1.807, 2.05) is 32.9 Å². The predicted octanol–water partition coefficient (Wildman–Crippen LogP) is 5.98. The summed E-state index contributed by atoms with van der Waals surface area (Å²) in [5.41, 5.74) is 1.80. The van der Waals surface area contributed by atoms with Crippen molar-refractivity contribution < 1.29 is 33.4 Å². The summed E-state index contributed by atoms with van der Waals surface area (Å²) in [7, 11) is 0. The Bertz CT molecular complexity index is 1440. The minimum Gasteiger partial charge on any atom is -0.481 e. The summed E-state index contributed by atoms with van der Waals surface area (Å²) in [6.07, 6.45) is 4.25. The number of benzene rings is 2. The molecule has 0 aliphatic carbocycles. The largest absolute Gasteiger partial charge is 0.481 e. The summed E-state index contributed by atoms with van der Waals surface area (Å²) in [5.74, 6) is -1.33. The van der Waals surface area contributed by atoms with Crippen molar-refractivity contribution in [3.8, 4) is 11.5 Å². The molecule has 0 saturated carbocycles. The molecule has 3 atom stereocenters. The first-order valence-electron chi connectivity index (χ1n) is 16.6. The quantitative estimate of drug-likeness (QED) is 0.288. The van der Waals surface area contributed by atoms with Crippen LogP contribution in [0.3, 0.4) is 0 Å². The maximum Gasteiger partial charge on any atom is 0.308 e. The van der Waals surface area contributed by atoms with Crippen LogP contribution in [0.5, 0.6) is 11.5 Å². The van der Waals surface area contributed by atoms with Gasteiger partial charge >= 0.3 is 5.97 Å². The lowest BCUT2D eigenvalue weighted by Gasteiger charge is -2.35. The van der Waals surface area contributed by atoms with E-state index >= 15 is 0 Å². The van der Waals surface area contributed by atoms with Crippen LogP contribution >= 0.6 is 0 Å². The van der Waals surface area contributed by atoms with E-state index in [9.17, 15) is 23.9 Å². The van der Waals surface area contributed by atoms with Gasteiger partial charge in [0.2, 0.25) is 18.6 Å². The van der Waals surface area contributed by atoms with Crippen LogP contribution in [0, 0.1) is 24.1 Å². The van der Waals surface area contributed by atoms with Gasteiger partial charge in [0.15, 0.2) is 11.5 Å². The van der Waals surface area contributed by atoms with Crippen molar-refractivity contribution in [2.24, 2.45) is 11.3 Å². The van der Waals surface area contributed by atoms with Crippen molar-refractivity contribution in [3.63, 3.8) is 0 Å². The number of likely N-dealkylation sites (tertiary alicyclic amines) is 2. The number of aliphatic carboxylic acids is 1. The van der Waals surface area contributed by atoms with Gasteiger partial charge < -0.3 is 24.4 Å². The van der Waals surface area contributed by atoms with E-state index in [1.54, 1.807) is 19.1 Å². The molecular weight excluding hydrogens is 589 g/mol. The molecule has 2 aromatic carbocycles. The number of nitrogens with zero attached hydrogens (tertiary/aromatic N) is 3. The van der Waals surface area contributed by atoms with E-state index in [2.05, 4.69) is 27.7 Å². The third kappa shape index (κ3) is 7.17. The normalized spacial score (nSPS) is 22.2. The average molecular weight is 638 g/mol. The number of ether oxygens (including phenoxy) is 2. The Balaban J connectivity index is 1.48. The van der Waals surface area contributed by atoms with Crippen LogP contribution in [0.1, 0.15) is 83.3 Å². The second-order valence-corrected chi connectivity index (χ2v) is 14.0. The molecule has 0 spiro atoms. The Kier molecular flexibility index (Phi) is 10.2. The van der Waals surface area contributed by atoms with Crippen LogP contribution in [0.15, 0.2) is 36.4 Å².